The average Bonchev–Trinajstić information content (AvgIpc) is 2.43. The summed E-state index contributed by atoms with van der Waals surface area (Å²) in [6, 6.07) is 11.9. The van der Waals surface area contributed by atoms with Crippen LogP contribution < -0.4 is 11.5 Å². The fourth-order valence-electron chi connectivity index (χ4n) is 2.02. The Hall–Kier alpha value is -2.04. The molecule has 90 valence electrons. The maximum atomic E-state index is 5.63. The summed E-state index contributed by atoms with van der Waals surface area (Å²) in [5.74, 6) is 0. The van der Waals surface area contributed by atoms with Crippen molar-refractivity contribution in [3.63, 3.8) is 0 Å². The zero-order valence-electron chi connectivity index (χ0n) is 9.93. The Bertz CT molecular complexity index is 662. The first-order valence-electron chi connectivity index (χ1n) is 5.89. The zero-order valence-corrected chi connectivity index (χ0v) is 9.93. The molecule has 0 unspecified atom stereocenters. The Labute approximate surface area is 105 Å². The van der Waals surface area contributed by atoms with Crippen molar-refractivity contribution in [3.05, 3.63) is 47.5 Å². The molecule has 3 rings (SSSR count). The zero-order chi connectivity index (χ0) is 12.5. The number of hydrogen-bond donors (Lipinski definition) is 2. The summed E-state index contributed by atoms with van der Waals surface area (Å²) in [4.78, 5) is 9.21. The molecule has 1 aromatic heterocycles. The minimum Gasteiger partial charge on any atom is -0.326 e. The summed E-state index contributed by atoms with van der Waals surface area (Å²) in [5.41, 5.74) is 16.9. The Morgan fingerprint density at radius 1 is 0.667 bits per heavy atom. The lowest BCUT2D eigenvalue weighted by Crippen LogP contribution is -1.98. The highest BCUT2D eigenvalue weighted by molar-refractivity contribution is 5.86. The molecule has 4 heteroatoms. The molecule has 0 fully saturated rings. The van der Waals surface area contributed by atoms with Crippen LogP contribution in [0.4, 0.5) is 0 Å². The smallest absolute Gasteiger partial charge is 0.0897 e. The third-order valence-corrected chi connectivity index (χ3v) is 3.03. The van der Waals surface area contributed by atoms with E-state index in [9.17, 15) is 0 Å². The molecule has 0 amide bonds. The molecule has 2 aromatic carbocycles. The van der Waals surface area contributed by atoms with Crippen LogP contribution in [0, 0.1) is 0 Å². The standard InChI is InChI=1S/C14H14N4/c15-7-9-1-3-11-13(5-9)18-14-6-10(8-16)2-4-12(14)17-11/h1-6H,7-8,15-16H2. The van der Waals surface area contributed by atoms with Gasteiger partial charge in [0.2, 0.25) is 0 Å². The number of hydrogen-bond acceptors (Lipinski definition) is 4. The van der Waals surface area contributed by atoms with Crippen molar-refractivity contribution in [1.82, 2.24) is 9.97 Å². The molecular weight excluding hydrogens is 224 g/mol. The molecule has 3 aromatic rings. The minimum absolute atomic E-state index is 0.512. The van der Waals surface area contributed by atoms with E-state index in [4.69, 9.17) is 11.5 Å². The van der Waals surface area contributed by atoms with Crippen molar-refractivity contribution in [1.29, 1.82) is 0 Å². The number of benzene rings is 2. The van der Waals surface area contributed by atoms with E-state index in [2.05, 4.69) is 9.97 Å². The van der Waals surface area contributed by atoms with Crippen LogP contribution in [0.15, 0.2) is 36.4 Å². The van der Waals surface area contributed by atoms with Crippen molar-refractivity contribution in [2.45, 2.75) is 13.1 Å². The molecule has 18 heavy (non-hydrogen) atoms. The largest absolute Gasteiger partial charge is 0.326 e. The highest BCUT2D eigenvalue weighted by atomic mass is 14.8. The summed E-state index contributed by atoms with van der Waals surface area (Å²) in [6.45, 7) is 1.02. The fraction of sp³-hybridized carbons (Fsp3) is 0.143. The summed E-state index contributed by atoms with van der Waals surface area (Å²) in [7, 11) is 0. The maximum absolute atomic E-state index is 5.63. The van der Waals surface area contributed by atoms with E-state index in [-0.39, 0.29) is 0 Å². The summed E-state index contributed by atoms with van der Waals surface area (Å²) in [5, 5.41) is 0. The number of aromatic nitrogens is 2. The second kappa shape index (κ2) is 4.33. The van der Waals surface area contributed by atoms with E-state index < -0.39 is 0 Å². The van der Waals surface area contributed by atoms with E-state index in [0.717, 1.165) is 33.2 Å². The predicted molar refractivity (Wildman–Crippen MR) is 72.8 cm³/mol. The first kappa shape index (κ1) is 11.1. The van der Waals surface area contributed by atoms with Crippen LogP contribution in [-0.2, 0) is 13.1 Å². The van der Waals surface area contributed by atoms with Gasteiger partial charge in [0.15, 0.2) is 0 Å². The van der Waals surface area contributed by atoms with Crippen LogP contribution in [0.25, 0.3) is 22.1 Å². The van der Waals surface area contributed by atoms with Crippen molar-refractivity contribution in [2.24, 2.45) is 11.5 Å². The third kappa shape index (κ3) is 1.81. The van der Waals surface area contributed by atoms with Crippen LogP contribution in [0.2, 0.25) is 0 Å². The van der Waals surface area contributed by atoms with Crippen LogP contribution in [0.1, 0.15) is 11.1 Å². The van der Waals surface area contributed by atoms with Crippen molar-refractivity contribution in [3.8, 4) is 0 Å². The van der Waals surface area contributed by atoms with Crippen LogP contribution in [0.5, 0.6) is 0 Å². The first-order valence-corrected chi connectivity index (χ1v) is 5.89. The van der Waals surface area contributed by atoms with Gasteiger partial charge in [-0.3, -0.25) is 0 Å². The molecular formula is C14H14N4. The highest BCUT2D eigenvalue weighted by Crippen LogP contribution is 2.18. The van der Waals surface area contributed by atoms with Crippen molar-refractivity contribution in [2.75, 3.05) is 0 Å². The number of nitrogens with two attached hydrogens (primary N) is 2. The van der Waals surface area contributed by atoms with E-state index in [1.54, 1.807) is 0 Å². The second-order valence-electron chi connectivity index (χ2n) is 4.28. The Morgan fingerprint density at radius 2 is 1.11 bits per heavy atom. The van der Waals surface area contributed by atoms with Crippen LogP contribution >= 0.6 is 0 Å². The maximum Gasteiger partial charge on any atom is 0.0897 e. The monoisotopic (exact) mass is 238 g/mol. The first-order chi connectivity index (χ1) is 8.80. The Kier molecular flexibility index (Phi) is 2.66. The molecule has 0 saturated heterocycles. The molecule has 0 atom stereocenters. The van der Waals surface area contributed by atoms with Crippen molar-refractivity contribution < 1.29 is 0 Å². The van der Waals surface area contributed by atoms with E-state index in [1.807, 2.05) is 36.4 Å². The minimum atomic E-state index is 0.512. The predicted octanol–water partition coefficient (Wildman–Crippen LogP) is 1.70. The molecule has 4 nitrogen and oxygen atoms in total. The quantitative estimate of drug-likeness (QED) is 0.666. The van der Waals surface area contributed by atoms with Gasteiger partial charge in [-0.15, -0.1) is 0 Å². The molecule has 0 spiro atoms. The summed E-state index contributed by atoms with van der Waals surface area (Å²) < 4.78 is 0. The van der Waals surface area contributed by atoms with Gasteiger partial charge < -0.3 is 11.5 Å². The molecule has 0 aliphatic heterocycles. The Morgan fingerprint density at radius 3 is 1.56 bits per heavy atom. The van der Waals surface area contributed by atoms with Crippen LogP contribution in [-0.4, -0.2) is 9.97 Å². The molecule has 0 saturated carbocycles. The second-order valence-corrected chi connectivity index (χ2v) is 4.28. The van der Waals surface area contributed by atoms with Crippen LogP contribution in [0.3, 0.4) is 0 Å². The average molecular weight is 238 g/mol. The van der Waals surface area contributed by atoms with E-state index in [1.165, 1.54) is 0 Å². The fourth-order valence-corrected chi connectivity index (χ4v) is 2.02. The summed E-state index contributed by atoms with van der Waals surface area (Å²) in [6.07, 6.45) is 0. The van der Waals surface area contributed by atoms with Gasteiger partial charge in [0.05, 0.1) is 22.1 Å². The molecule has 0 aliphatic rings. The Balaban J connectivity index is 2.29. The van der Waals surface area contributed by atoms with Gasteiger partial charge in [0, 0.05) is 13.1 Å². The normalized spacial score (nSPS) is 11.2. The van der Waals surface area contributed by atoms with Gasteiger partial charge in [-0.25, -0.2) is 9.97 Å². The lowest BCUT2D eigenvalue weighted by molar-refractivity contribution is 1.07. The molecule has 4 N–H and O–H groups in total. The van der Waals surface area contributed by atoms with E-state index >= 15 is 0 Å². The lowest BCUT2D eigenvalue weighted by Gasteiger charge is -2.04. The van der Waals surface area contributed by atoms with E-state index in [0.29, 0.717) is 13.1 Å². The summed E-state index contributed by atoms with van der Waals surface area (Å²) >= 11 is 0. The third-order valence-electron chi connectivity index (χ3n) is 3.03. The van der Waals surface area contributed by atoms with Gasteiger partial charge >= 0.3 is 0 Å². The van der Waals surface area contributed by atoms with Gasteiger partial charge in [-0.1, -0.05) is 12.1 Å². The SMILES string of the molecule is NCc1ccc2nc3ccc(CN)cc3nc2c1. The van der Waals surface area contributed by atoms with Crippen molar-refractivity contribution >= 4 is 22.1 Å². The number of fused-ring (bicyclic) bond motifs is 2. The number of rotatable bonds is 2. The van der Waals surface area contributed by atoms with Gasteiger partial charge in [-0.2, -0.15) is 0 Å². The molecule has 1 heterocycles. The number of nitrogens with zero attached hydrogens (tertiary/aromatic N) is 2. The van der Waals surface area contributed by atoms with Gasteiger partial charge in [0.25, 0.3) is 0 Å². The lowest BCUT2D eigenvalue weighted by atomic mass is 10.1. The molecule has 0 aliphatic carbocycles. The van der Waals surface area contributed by atoms with Gasteiger partial charge in [0.1, 0.15) is 0 Å². The highest BCUT2D eigenvalue weighted by Gasteiger charge is 2.03. The van der Waals surface area contributed by atoms with Gasteiger partial charge in [-0.05, 0) is 35.4 Å². The molecule has 0 bridgehead atoms. The molecule has 0 radical (unpaired) electrons. The topological polar surface area (TPSA) is 77.8 Å².